The lowest BCUT2D eigenvalue weighted by molar-refractivity contribution is -0.122. The van der Waals surface area contributed by atoms with Gasteiger partial charge >= 0.3 is 0 Å². The van der Waals surface area contributed by atoms with Crippen LogP contribution in [0.15, 0.2) is 36.4 Å². The predicted octanol–water partition coefficient (Wildman–Crippen LogP) is 3.71. The molecular weight excluding hydrogens is 440 g/mol. The summed E-state index contributed by atoms with van der Waals surface area (Å²) in [6.45, 7) is 6.20. The number of aryl methyl sites for hydroxylation is 1. The van der Waals surface area contributed by atoms with Gasteiger partial charge in [0.2, 0.25) is 15.9 Å². The summed E-state index contributed by atoms with van der Waals surface area (Å²) in [6.07, 6.45) is 1.30. The summed E-state index contributed by atoms with van der Waals surface area (Å²) in [5.41, 5.74) is 2.37. The molecule has 170 valence electrons. The molecule has 0 heterocycles. The van der Waals surface area contributed by atoms with Crippen molar-refractivity contribution in [3.8, 4) is 11.5 Å². The van der Waals surface area contributed by atoms with Crippen molar-refractivity contribution in [1.82, 2.24) is 5.32 Å². The van der Waals surface area contributed by atoms with Gasteiger partial charge in [0.1, 0.15) is 24.1 Å². The summed E-state index contributed by atoms with van der Waals surface area (Å²) in [7, 11) is -2.38. The Morgan fingerprint density at radius 1 is 1.19 bits per heavy atom. The molecule has 0 aliphatic rings. The Morgan fingerprint density at radius 2 is 1.90 bits per heavy atom. The number of carbonyl (C=O) groups is 1. The van der Waals surface area contributed by atoms with Gasteiger partial charge in [-0.05, 0) is 55.7 Å². The third-order valence-electron chi connectivity index (χ3n) is 4.92. The van der Waals surface area contributed by atoms with E-state index in [1.54, 1.807) is 19.1 Å². The quantitative estimate of drug-likeness (QED) is 0.537. The van der Waals surface area contributed by atoms with Gasteiger partial charge in [0.15, 0.2) is 0 Å². The molecule has 7 nitrogen and oxygen atoms in total. The molecule has 0 spiro atoms. The van der Waals surface area contributed by atoms with Crippen molar-refractivity contribution in [2.45, 2.75) is 33.2 Å². The minimum Gasteiger partial charge on any atom is -0.495 e. The molecular formula is C22H29ClN2O5S. The van der Waals surface area contributed by atoms with Crippen molar-refractivity contribution in [3.05, 3.63) is 52.5 Å². The minimum atomic E-state index is -3.81. The van der Waals surface area contributed by atoms with Gasteiger partial charge in [0, 0.05) is 5.02 Å². The van der Waals surface area contributed by atoms with Crippen molar-refractivity contribution in [2.75, 3.05) is 30.8 Å². The first-order valence-electron chi connectivity index (χ1n) is 9.89. The van der Waals surface area contributed by atoms with Crippen LogP contribution >= 0.6 is 11.6 Å². The smallest absolute Gasteiger partial charge is 0.244 e. The lowest BCUT2D eigenvalue weighted by atomic mass is 10.1. The molecule has 31 heavy (non-hydrogen) atoms. The maximum atomic E-state index is 12.9. The second-order valence-electron chi connectivity index (χ2n) is 7.14. The number of hydrogen-bond donors (Lipinski definition) is 1. The molecule has 0 bridgehead atoms. The van der Waals surface area contributed by atoms with Crippen LogP contribution in [-0.4, -0.2) is 46.9 Å². The van der Waals surface area contributed by atoms with E-state index in [4.69, 9.17) is 21.1 Å². The molecule has 0 saturated carbocycles. The van der Waals surface area contributed by atoms with E-state index >= 15 is 0 Å². The Bertz CT molecular complexity index is 1030. The number of nitrogens with one attached hydrogen (secondary N) is 1. The number of sulfonamides is 1. The fourth-order valence-corrected chi connectivity index (χ4v) is 4.58. The van der Waals surface area contributed by atoms with Gasteiger partial charge in [-0.1, -0.05) is 30.7 Å². The monoisotopic (exact) mass is 468 g/mol. The van der Waals surface area contributed by atoms with Gasteiger partial charge in [-0.2, -0.15) is 0 Å². The molecule has 0 aliphatic heterocycles. The van der Waals surface area contributed by atoms with Crippen LogP contribution in [0.3, 0.4) is 0 Å². The minimum absolute atomic E-state index is 0.214. The number of halogens is 1. The summed E-state index contributed by atoms with van der Waals surface area (Å²) >= 11 is 6.09. The normalized spacial score (nSPS) is 12.2. The Hall–Kier alpha value is -2.45. The lowest BCUT2D eigenvalue weighted by Crippen LogP contribution is -2.50. The fourth-order valence-electron chi connectivity index (χ4n) is 3.20. The highest BCUT2D eigenvalue weighted by atomic mass is 35.5. The first-order chi connectivity index (χ1) is 14.6. The van der Waals surface area contributed by atoms with Crippen LogP contribution in [0, 0.1) is 13.8 Å². The van der Waals surface area contributed by atoms with Gasteiger partial charge in [-0.15, -0.1) is 0 Å². The zero-order chi connectivity index (χ0) is 23.2. The average molecular weight is 469 g/mol. The molecule has 1 atom stereocenters. The first kappa shape index (κ1) is 24.8. The summed E-state index contributed by atoms with van der Waals surface area (Å²) in [5.74, 6) is 0.626. The number of methoxy groups -OCH3 is 1. The highest BCUT2D eigenvalue weighted by molar-refractivity contribution is 7.92. The molecule has 9 heteroatoms. The van der Waals surface area contributed by atoms with Gasteiger partial charge < -0.3 is 14.8 Å². The second kappa shape index (κ2) is 10.7. The molecule has 0 fully saturated rings. The lowest BCUT2D eigenvalue weighted by Gasteiger charge is -2.31. The van der Waals surface area contributed by atoms with E-state index in [1.165, 1.54) is 13.2 Å². The van der Waals surface area contributed by atoms with Crippen molar-refractivity contribution in [1.29, 1.82) is 0 Å². The van der Waals surface area contributed by atoms with Crippen LogP contribution in [0.4, 0.5) is 5.69 Å². The molecule has 0 radical (unpaired) electrons. The van der Waals surface area contributed by atoms with E-state index in [9.17, 15) is 13.2 Å². The van der Waals surface area contributed by atoms with Crippen molar-refractivity contribution < 1.29 is 22.7 Å². The highest BCUT2D eigenvalue weighted by Gasteiger charge is 2.33. The standard InChI is InChI=1S/C22H29ClN2O5S/c1-6-18(22(26)24-12-13-30-20-9-7-8-15(2)16(20)3)25(31(5,27)28)19-14-17(23)10-11-21(19)29-4/h7-11,14,18H,6,12-13H2,1-5H3,(H,24,26)/t18-/m1/s1. The highest BCUT2D eigenvalue weighted by Crippen LogP contribution is 2.34. The third kappa shape index (κ3) is 6.27. The zero-order valence-electron chi connectivity index (χ0n) is 18.4. The number of carbonyl (C=O) groups excluding carboxylic acids is 1. The Labute approximate surface area is 189 Å². The average Bonchev–Trinajstić information content (AvgIpc) is 2.71. The zero-order valence-corrected chi connectivity index (χ0v) is 20.0. The molecule has 0 saturated heterocycles. The molecule has 2 aromatic rings. The molecule has 1 N–H and O–H groups in total. The number of anilines is 1. The van der Waals surface area contributed by atoms with Crippen LogP contribution in [0.2, 0.25) is 5.02 Å². The Balaban J connectivity index is 2.16. The molecule has 0 aliphatic carbocycles. The SMILES string of the molecule is CC[C@H](C(=O)NCCOc1cccc(C)c1C)N(c1cc(Cl)ccc1OC)S(C)(=O)=O. The van der Waals surface area contributed by atoms with Gasteiger partial charge in [0.05, 0.1) is 25.6 Å². The number of rotatable bonds is 10. The van der Waals surface area contributed by atoms with Crippen molar-refractivity contribution >= 4 is 33.2 Å². The summed E-state index contributed by atoms with van der Waals surface area (Å²) < 4.78 is 37.4. The van der Waals surface area contributed by atoms with Crippen molar-refractivity contribution in [3.63, 3.8) is 0 Å². The largest absolute Gasteiger partial charge is 0.495 e. The number of nitrogens with zero attached hydrogens (tertiary/aromatic N) is 1. The molecule has 2 rings (SSSR count). The summed E-state index contributed by atoms with van der Waals surface area (Å²) in [6, 6.07) is 9.44. The van der Waals surface area contributed by atoms with E-state index < -0.39 is 22.0 Å². The predicted molar refractivity (Wildman–Crippen MR) is 124 cm³/mol. The van der Waals surface area contributed by atoms with Crippen LogP contribution < -0.4 is 19.1 Å². The van der Waals surface area contributed by atoms with Gasteiger partial charge in [-0.3, -0.25) is 9.10 Å². The Kier molecular flexibility index (Phi) is 8.59. The number of ether oxygens (including phenoxy) is 2. The maximum absolute atomic E-state index is 12.9. The first-order valence-corrected chi connectivity index (χ1v) is 12.1. The van der Waals surface area contributed by atoms with E-state index in [0.29, 0.717) is 10.8 Å². The van der Waals surface area contributed by atoms with E-state index in [0.717, 1.165) is 27.4 Å². The van der Waals surface area contributed by atoms with Crippen LogP contribution in [-0.2, 0) is 14.8 Å². The van der Waals surface area contributed by atoms with E-state index in [1.807, 2.05) is 32.0 Å². The Morgan fingerprint density at radius 3 is 2.52 bits per heavy atom. The van der Waals surface area contributed by atoms with Crippen LogP contribution in [0.25, 0.3) is 0 Å². The topological polar surface area (TPSA) is 84.9 Å². The van der Waals surface area contributed by atoms with Gasteiger partial charge in [0.25, 0.3) is 0 Å². The number of hydrogen-bond acceptors (Lipinski definition) is 5. The van der Waals surface area contributed by atoms with E-state index in [-0.39, 0.29) is 25.3 Å². The number of amides is 1. The third-order valence-corrected chi connectivity index (χ3v) is 6.32. The second-order valence-corrected chi connectivity index (χ2v) is 9.43. The molecule has 1 amide bonds. The number of benzene rings is 2. The molecule has 2 aromatic carbocycles. The van der Waals surface area contributed by atoms with Crippen LogP contribution in [0.1, 0.15) is 24.5 Å². The summed E-state index contributed by atoms with van der Waals surface area (Å²) in [5, 5.41) is 3.10. The maximum Gasteiger partial charge on any atom is 0.244 e. The fraction of sp³-hybridized carbons (Fsp3) is 0.409. The molecule has 0 unspecified atom stereocenters. The van der Waals surface area contributed by atoms with E-state index in [2.05, 4.69) is 5.32 Å². The van der Waals surface area contributed by atoms with Gasteiger partial charge in [-0.25, -0.2) is 8.42 Å². The van der Waals surface area contributed by atoms with Crippen LogP contribution in [0.5, 0.6) is 11.5 Å². The summed E-state index contributed by atoms with van der Waals surface area (Å²) in [4.78, 5) is 12.9. The molecule has 0 aromatic heterocycles. The van der Waals surface area contributed by atoms with Crippen molar-refractivity contribution in [2.24, 2.45) is 0 Å².